The average Bonchev–Trinajstić information content (AvgIpc) is 3.75. The zero-order chi connectivity index (χ0) is 28.3. The van der Waals surface area contributed by atoms with Gasteiger partial charge >= 0.3 is 0 Å². The van der Waals surface area contributed by atoms with Gasteiger partial charge < -0.3 is 0 Å². The fourth-order valence-electron chi connectivity index (χ4n) is 6.28. The Morgan fingerprint density at radius 2 is 1.41 bits per heavy atom. The van der Waals surface area contributed by atoms with Crippen molar-refractivity contribution in [2.45, 2.75) is 46.0 Å². The Morgan fingerprint density at radius 3 is 2.15 bits per heavy atom. The molecule has 2 heteroatoms. The molecule has 2 atom stereocenters. The molecular weight excluding hydrogens is 533 g/mol. The Labute approximate surface area is 255 Å². The summed E-state index contributed by atoms with van der Waals surface area (Å²) in [7, 11) is 0. The number of thiol groups is 2. The van der Waals surface area contributed by atoms with Crippen LogP contribution in [0, 0.1) is 11.8 Å². The summed E-state index contributed by atoms with van der Waals surface area (Å²) in [6.07, 6.45) is 23.0. The first-order chi connectivity index (χ1) is 20.1. The van der Waals surface area contributed by atoms with Gasteiger partial charge in [-0.2, -0.15) is 0 Å². The van der Waals surface area contributed by atoms with E-state index < -0.39 is 0 Å². The van der Waals surface area contributed by atoms with Crippen molar-refractivity contribution < 1.29 is 0 Å². The molecule has 1 saturated carbocycles. The van der Waals surface area contributed by atoms with Gasteiger partial charge in [0.25, 0.3) is 0 Å². The minimum atomic E-state index is 0.770. The number of hydrogen-bond donors (Lipinski definition) is 2. The molecule has 41 heavy (non-hydrogen) atoms. The van der Waals surface area contributed by atoms with Crippen LogP contribution in [0.2, 0.25) is 0 Å². The molecule has 0 bridgehead atoms. The number of allylic oxidation sites excluding steroid dienone is 5. The molecule has 0 radical (unpaired) electrons. The van der Waals surface area contributed by atoms with Gasteiger partial charge in [-0.05, 0) is 116 Å². The van der Waals surface area contributed by atoms with Crippen molar-refractivity contribution >= 4 is 69.9 Å². The molecule has 4 aromatic rings. The lowest BCUT2D eigenvalue weighted by Gasteiger charge is -2.17. The summed E-state index contributed by atoms with van der Waals surface area (Å²) in [5, 5.41) is 8.31. The molecule has 0 N–H and O–H groups in total. The maximum atomic E-state index is 4.89. The highest BCUT2D eigenvalue weighted by molar-refractivity contribution is 7.90. The summed E-state index contributed by atoms with van der Waals surface area (Å²) < 4.78 is 0. The van der Waals surface area contributed by atoms with Gasteiger partial charge in [-0.3, -0.25) is 0 Å². The Hall–Kier alpha value is -3.20. The Kier molecular flexibility index (Phi) is 8.42. The Bertz CT molecular complexity index is 1870. The van der Waals surface area contributed by atoms with E-state index in [0.717, 1.165) is 52.9 Å². The SMILES string of the molecule is CCCc1c2ccccc2c(CCC)c2cc(/C(S)=C/C=C/C(S)=C/C=C/c3ccc4c(c3)=CC3CC3C=4)ccc12. The summed E-state index contributed by atoms with van der Waals surface area (Å²) >= 11 is 9.56. The van der Waals surface area contributed by atoms with Gasteiger partial charge in [-0.1, -0.05) is 106 Å². The molecule has 206 valence electrons. The topological polar surface area (TPSA) is 0 Å². The molecule has 2 unspecified atom stereocenters. The summed E-state index contributed by atoms with van der Waals surface area (Å²) in [5.41, 5.74) is 5.29. The van der Waals surface area contributed by atoms with E-state index in [9.17, 15) is 0 Å². The van der Waals surface area contributed by atoms with Crippen molar-refractivity contribution in [3.63, 3.8) is 0 Å². The lowest BCUT2D eigenvalue weighted by Crippen LogP contribution is -2.27. The zero-order valence-corrected chi connectivity index (χ0v) is 25.8. The van der Waals surface area contributed by atoms with Crippen molar-refractivity contribution in [3.05, 3.63) is 129 Å². The van der Waals surface area contributed by atoms with Crippen LogP contribution in [0.4, 0.5) is 0 Å². The summed E-state index contributed by atoms with van der Waals surface area (Å²) in [6.45, 7) is 4.53. The fraction of sp³-hybridized carbons (Fsp3) is 0.231. The van der Waals surface area contributed by atoms with Gasteiger partial charge in [-0.25, -0.2) is 0 Å². The van der Waals surface area contributed by atoms with Gasteiger partial charge in [0, 0.05) is 9.81 Å². The van der Waals surface area contributed by atoms with E-state index in [2.05, 4.69) is 118 Å². The first kappa shape index (κ1) is 27.9. The molecular formula is C39H38S2. The van der Waals surface area contributed by atoms with Crippen molar-refractivity contribution in [2.75, 3.05) is 0 Å². The molecule has 6 rings (SSSR count). The lowest BCUT2D eigenvalue weighted by atomic mass is 9.87. The molecule has 0 saturated heterocycles. The van der Waals surface area contributed by atoms with Crippen LogP contribution in [0.5, 0.6) is 0 Å². The summed E-state index contributed by atoms with van der Waals surface area (Å²) in [4.78, 5) is 1.85. The molecule has 0 heterocycles. The molecule has 2 aliphatic carbocycles. The highest BCUT2D eigenvalue weighted by Crippen LogP contribution is 2.42. The average molecular weight is 571 g/mol. The number of benzene rings is 4. The van der Waals surface area contributed by atoms with Gasteiger partial charge in [-0.15, -0.1) is 25.3 Å². The highest BCUT2D eigenvalue weighted by atomic mass is 32.1. The quantitative estimate of drug-likeness (QED) is 0.112. The van der Waals surface area contributed by atoms with E-state index in [-0.39, 0.29) is 0 Å². The Morgan fingerprint density at radius 1 is 0.732 bits per heavy atom. The molecule has 0 aromatic heterocycles. The van der Waals surface area contributed by atoms with Gasteiger partial charge in [0.15, 0.2) is 0 Å². The van der Waals surface area contributed by atoms with Gasteiger partial charge in [0.2, 0.25) is 0 Å². The first-order valence-corrected chi connectivity index (χ1v) is 15.9. The van der Waals surface area contributed by atoms with Crippen molar-refractivity contribution in [2.24, 2.45) is 11.8 Å². The van der Waals surface area contributed by atoms with E-state index in [4.69, 9.17) is 12.6 Å². The molecule has 0 aliphatic heterocycles. The lowest BCUT2D eigenvalue weighted by molar-refractivity contribution is 0.927. The van der Waals surface area contributed by atoms with E-state index >= 15 is 0 Å². The standard InChI is InChI=1S/C39H38S2/c1-3-9-33-35-14-5-6-15-36(35)34(10-4-2)38-25-28(19-20-37(33)38)39(41)16-8-13-32(40)12-7-11-26-17-18-27-22-30-24-31(30)23-29(27)21-26/h5-8,11-23,25,30-31,40-41H,3-4,9-10,24H2,1-2H3/b11-7+,13-8+,32-12-,39-16-. The van der Waals surface area contributed by atoms with Crippen molar-refractivity contribution in [3.8, 4) is 0 Å². The number of hydrogen-bond acceptors (Lipinski definition) is 2. The van der Waals surface area contributed by atoms with Crippen LogP contribution in [0.25, 0.3) is 44.7 Å². The first-order valence-electron chi connectivity index (χ1n) is 15.0. The van der Waals surface area contributed by atoms with Crippen LogP contribution >= 0.6 is 25.3 Å². The number of fused-ring (bicyclic) bond motifs is 4. The molecule has 2 aliphatic rings. The predicted molar refractivity (Wildman–Crippen MR) is 188 cm³/mol. The second-order valence-electron chi connectivity index (χ2n) is 11.4. The van der Waals surface area contributed by atoms with E-state index in [1.165, 1.54) is 55.1 Å². The molecule has 4 aromatic carbocycles. The minimum absolute atomic E-state index is 0.770. The van der Waals surface area contributed by atoms with Crippen LogP contribution in [0.1, 0.15) is 55.4 Å². The third-order valence-corrected chi connectivity index (χ3v) is 9.11. The summed E-state index contributed by atoms with van der Waals surface area (Å²) in [5.74, 6) is 1.56. The number of aryl methyl sites for hydroxylation is 2. The molecule has 0 amide bonds. The fourth-order valence-corrected chi connectivity index (χ4v) is 6.67. The Balaban J connectivity index is 1.23. The second-order valence-corrected chi connectivity index (χ2v) is 12.4. The molecule has 0 spiro atoms. The number of rotatable bonds is 9. The van der Waals surface area contributed by atoms with Crippen LogP contribution in [-0.2, 0) is 12.8 Å². The molecule has 1 fully saturated rings. The predicted octanol–water partition coefficient (Wildman–Crippen LogP) is 9.46. The van der Waals surface area contributed by atoms with Crippen LogP contribution in [0.3, 0.4) is 0 Å². The van der Waals surface area contributed by atoms with Crippen LogP contribution in [0.15, 0.2) is 95.9 Å². The molecule has 0 nitrogen and oxygen atoms in total. The van der Waals surface area contributed by atoms with E-state index in [1.807, 2.05) is 18.2 Å². The van der Waals surface area contributed by atoms with Crippen molar-refractivity contribution in [1.82, 2.24) is 0 Å². The third kappa shape index (κ3) is 6.05. The normalized spacial score (nSPS) is 18.5. The largest absolute Gasteiger partial charge is 0.143 e. The van der Waals surface area contributed by atoms with Crippen LogP contribution < -0.4 is 10.4 Å². The van der Waals surface area contributed by atoms with Gasteiger partial charge in [0.05, 0.1) is 0 Å². The van der Waals surface area contributed by atoms with Crippen LogP contribution in [-0.4, -0.2) is 0 Å². The third-order valence-electron chi connectivity index (χ3n) is 8.41. The second kappa shape index (κ2) is 12.3. The van der Waals surface area contributed by atoms with E-state index in [1.54, 1.807) is 0 Å². The maximum Gasteiger partial charge on any atom is 0.0113 e. The highest BCUT2D eigenvalue weighted by Gasteiger charge is 2.34. The monoisotopic (exact) mass is 570 g/mol. The van der Waals surface area contributed by atoms with Crippen molar-refractivity contribution in [1.29, 1.82) is 0 Å². The zero-order valence-electron chi connectivity index (χ0n) is 24.0. The summed E-state index contributed by atoms with van der Waals surface area (Å²) in [6, 6.07) is 22.5. The van der Waals surface area contributed by atoms with Gasteiger partial charge in [0.1, 0.15) is 0 Å². The maximum absolute atomic E-state index is 4.89. The van der Waals surface area contributed by atoms with E-state index in [0.29, 0.717) is 0 Å². The minimum Gasteiger partial charge on any atom is -0.143 e. The smallest absolute Gasteiger partial charge is 0.0113 e.